The van der Waals surface area contributed by atoms with Crippen LogP contribution >= 0.6 is 0 Å². The third kappa shape index (κ3) is 4.29. The number of benzene rings is 2. The molecule has 1 aliphatic heterocycles. The first kappa shape index (κ1) is 24.2. The quantitative estimate of drug-likeness (QED) is 0.369. The van der Waals surface area contributed by atoms with Crippen LogP contribution < -0.4 is 4.74 Å². The number of aromatic nitrogens is 2. The Morgan fingerprint density at radius 3 is 2.72 bits per heavy atom. The number of carbonyl (C=O) groups is 1. The lowest BCUT2D eigenvalue weighted by molar-refractivity contribution is -0.160. The van der Waals surface area contributed by atoms with Crippen LogP contribution in [0.2, 0.25) is 0 Å². The van der Waals surface area contributed by atoms with Crippen LogP contribution in [0, 0.1) is 6.92 Å². The minimum absolute atomic E-state index is 0.386. The molecule has 0 saturated heterocycles. The molecule has 1 atom stereocenters. The van der Waals surface area contributed by atoms with E-state index in [1.807, 2.05) is 70.3 Å². The van der Waals surface area contributed by atoms with Gasteiger partial charge in [0, 0.05) is 41.6 Å². The molecule has 36 heavy (non-hydrogen) atoms. The SMILES string of the molecule is COCc1ccc2c(-c3ccc4c5c(ccnc35)CCO4)c(C(OC(C)(C)C)C(=O)O)c(C)cc2n1. The lowest BCUT2D eigenvalue weighted by Gasteiger charge is -2.29. The van der Waals surface area contributed by atoms with E-state index in [9.17, 15) is 9.90 Å². The number of pyridine rings is 2. The normalized spacial score (nSPS) is 14.1. The van der Waals surface area contributed by atoms with Gasteiger partial charge in [-0.05, 0) is 74.7 Å². The maximum atomic E-state index is 12.6. The van der Waals surface area contributed by atoms with Gasteiger partial charge in [-0.3, -0.25) is 9.97 Å². The van der Waals surface area contributed by atoms with Crippen LogP contribution in [-0.2, 0) is 27.3 Å². The zero-order chi connectivity index (χ0) is 25.6. The molecule has 5 rings (SSSR count). The maximum absolute atomic E-state index is 12.6. The predicted molar refractivity (Wildman–Crippen MR) is 138 cm³/mol. The van der Waals surface area contributed by atoms with Crippen LogP contribution in [0.5, 0.6) is 5.75 Å². The van der Waals surface area contributed by atoms with Crippen LogP contribution in [0.4, 0.5) is 0 Å². The van der Waals surface area contributed by atoms with Gasteiger partial charge < -0.3 is 19.3 Å². The third-order valence-electron chi connectivity index (χ3n) is 6.39. The van der Waals surface area contributed by atoms with Gasteiger partial charge in [0.2, 0.25) is 0 Å². The van der Waals surface area contributed by atoms with E-state index in [0.29, 0.717) is 18.8 Å². The molecule has 0 saturated carbocycles. The summed E-state index contributed by atoms with van der Waals surface area (Å²) in [6.45, 7) is 8.50. The standard InChI is InChI=1S/C29H30N2O5/c1-16-14-21-19(7-6-18(31-21)15-34-5)25(23(16)27(28(32)33)36-29(2,3)4)20-8-9-22-24-17(11-13-35-22)10-12-30-26(20)24/h6-10,12,14,27H,11,13,15H2,1-5H3,(H,32,33). The van der Waals surface area contributed by atoms with Crippen molar-refractivity contribution in [1.82, 2.24) is 9.97 Å². The molecule has 0 bridgehead atoms. The Morgan fingerprint density at radius 2 is 2.00 bits per heavy atom. The maximum Gasteiger partial charge on any atom is 0.337 e. The third-order valence-corrected chi connectivity index (χ3v) is 6.39. The van der Waals surface area contributed by atoms with E-state index in [1.54, 1.807) is 7.11 Å². The number of methoxy groups -OCH3 is 1. The Balaban J connectivity index is 1.89. The zero-order valence-corrected chi connectivity index (χ0v) is 21.2. The molecule has 0 amide bonds. The zero-order valence-electron chi connectivity index (χ0n) is 21.2. The molecule has 1 unspecified atom stereocenters. The van der Waals surface area contributed by atoms with Crippen LogP contribution in [-0.4, -0.2) is 40.4 Å². The number of fused-ring (bicyclic) bond motifs is 1. The molecule has 186 valence electrons. The fraction of sp³-hybridized carbons (Fsp3) is 0.345. The Labute approximate surface area is 210 Å². The second-order valence-corrected chi connectivity index (χ2v) is 10.1. The number of carboxylic acid groups (broad SMARTS) is 1. The highest BCUT2D eigenvalue weighted by molar-refractivity contribution is 6.08. The van der Waals surface area contributed by atoms with E-state index in [-0.39, 0.29) is 0 Å². The molecule has 7 nitrogen and oxygen atoms in total. The average molecular weight is 487 g/mol. The highest BCUT2D eigenvalue weighted by Gasteiger charge is 2.32. The van der Waals surface area contributed by atoms with E-state index in [0.717, 1.165) is 56.4 Å². The van der Waals surface area contributed by atoms with Crippen molar-refractivity contribution >= 4 is 27.8 Å². The van der Waals surface area contributed by atoms with Crippen molar-refractivity contribution in [2.45, 2.75) is 52.4 Å². The lowest BCUT2D eigenvalue weighted by Crippen LogP contribution is -2.28. The Kier molecular flexibility index (Phi) is 6.14. The van der Waals surface area contributed by atoms with Gasteiger partial charge in [0.25, 0.3) is 0 Å². The van der Waals surface area contributed by atoms with Crippen LogP contribution in [0.15, 0.2) is 42.6 Å². The Hall–Kier alpha value is -3.55. The fourth-order valence-corrected chi connectivity index (χ4v) is 5.01. The smallest absolute Gasteiger partial charge is 0.337 e. The van der Waals surface area contributed by atoms with Gasteiger partial charge in [0.1, 0.15) is 5.75 Å². The van der Waals surface area contributed by atoms with Crippen LogP contribution in [0.25, 0.3) is 32.9 Å². The van der Waals surface area contributed by atoms with Gasteiger partial charge in [-0.2, -0.15) is 0 Å². The minimum atomic E-state index is -1.18. The van der Waals surface area contributed by atoms with Crippen molar-refractivity contribution in [3.63, 3.8) is 0 Å². The van der Waals surface area contributed by atoms with E-state index in [4.69, 9.17) is 24.2 Å². The summed E-state index contributed by atoms with van der Waals surface area (Å²) in [6.07, 6.45) is 1.43. The molecular formula is C29H30N2O5. The Morgan fingerprint density at radius 1 is 1.19 bits per heavy atom. The van der Waals surface area contributed by atoms with Gasteiger partial charge >= 0.3 is 5.97 Å². The Bertz CT molecular complexity index is 1480. The second-order valence-electron chi connectivity index (χ2n) is 10.1. The predicted octanol–water partition coefficient (Wildman–Crippen LogP) is 5.78. The van der Waals surface area contributed by atoms with E-state index >= 15 is 0 Å². The number of ether oxygens (including phenoxy) is 3. The van der Waals surface area contributed by atoms with Crippen molar-refractivity contribution in [3.05, 3.63) is 65.0 Å². The molecule has 3 heterocycles. The summed E-state index contributed by atoms with van der Waals surface area (Å²) in [7, 11) is 1.63. The highest BCUT2D eigenvalue weighted by Crippen LogP contribution is 2.44. The molecule has 0 spiro atoms. The first-order chi connectivity index (χ1) is 17.2. The topological polar surface area (TPSA) is 90.8 Å². The van der Waals surface area contributed by atoms with Crippen molar-refractivity contribution in [1.29, 1.82) is 0 Å². The van der Waals surface area contributed by atoms with E-state index in [1.165, 1.54) is 5.56 Å². The molecule has 2 aromatic heterocycles. The summed E-state index contributed by atoms with van der Waals surface area (Å²) in [6, 6.07) is 11.8. The van der Waals surface area contributed by atoms with Gasteiger partial charge in [0.15, 0.2) is 6.10 Å². The summed E-state index contributed by atoms with van der Waals surface area (Å²) in [5.41, 5.74) is 5.81. The molecule has 0 radical (unpaired) electrons. The summed E-state index contributed by atoms with van der Waals surface area (Å²) in [5, 5.41) is 12.1. The molecule has 7 heteroatoms. The monoisotopic (exact) mass is 486 g/mol. The molecule has 2 aromatic carbocycles. The largest absolute Gasteiger partial charge is 0.493 e. The van der Waals surface area contributed by atoms with Crippen LogP contribution in [0.1, 0.15) is 49.3 Å². The summed E-state index contributed by atoms with van der Waals surface area (Å²) >= 11 is 0. The highest BCUT2D eigenvalue weighted by atomic mass is 16.5. The minimum Gasteiger partial charge on any atom is -0.493 e. The molecule has 1 aliphatic rings. The molecule has 1 N–H and O–H groups in total. The summed E-state index contributed by atoms with van der Waals surface area (Å²) in [4.78, 5) is 22.2. The van der Waals surface area contributed by atoms with Gasteiger partial charge in [0.05, 0.1) is 35.5 Å². The van der Waals surface area contributed by atoms with E-state index in [2.05, 4.69) is 0 Å². The number of aliphatic carboxylic acids is 1. The number of aryl methyl sites for hydroxylation is 1. The average Bonchev–Trinajstić information content (AvgIpc) is 2.82. The van der Waals surface area contributed by atoms with Gasteiger partial charge in [-0.1, -0.05) is 6.07 Å². The van der Waals surface area contributed by atoms with Gasteiger partial charge in [-0.15, -0.1) is 0 Å². The second kappa shape index (κ2) is 9.15. The molecule has 0 fully saturated rings. The molecule has 0 aliphatic carbocycles. The van der Waals surface area contributed by atoms with Crippen LogP contribution in [0.3, 0.4) is 0 Å². The number of hydrogen-bond acceptors (Lipinski definition) is 6. The molecule has 4 aromatic rings. The number of rotatable bonds is 6. The van der Waals surface area contributed by atoms with Gasteiger partial charge in [-0.25, -0.2) is 4.79 Å². The summed E-state index contributed by atoms with van der Waals surface area (Å²) in [5.74, 6) is -0.251. The van der Waals surface area contributed by atoms with Crippen molar-refractivity contribution in [3.8, 4) is 16.9 Å². The van der Waals surface area contributed by atoms with Crippen molar-refractivity contribution < 1.29 is 24.1 Å². The van der Waals surface area contributed by atoms with Crippen molar-refractivity contribution in [2.75, 3.05) is 13.7 Å². The first-order valence-electron chi connectivity index (χ1n) is 12.0. The number of nitrogens with zero attached hydrogens (tertiary/aromatic N) is 2. The number of carboxylic acids is 1. The number of hydrogen-bond donors (Lipinski definition) is 1. The lowest BCUT2D eigenvalue weighted by atomic mass is 9.86. The molecular weight excluding hydrogens is 456 g/mol. The first-order valence-corrected chi connectivity index (χ1v) is 12.0. The summed E-state index contributed by atoms with van der Waals surface area (Å²) < 4.78 is 17.4. The van der Waals surface area contributed by atoms with Crippen molar-refractivity contribution in [2.24, 2.45) is 0 Å². The van der Waals surface area contributed by atoms with E-state index < -0.39 is 17.7 Å². The fourth-order valence-electron chi connectivity index (χ4n) is 5.01.